The number of nitrogens with zero attached hydrogens (tertiary/aromatic N) is 5. The zero-order valence-electron chi connectivity index (χ0n) is 19.5. The normalized spacial score (nSPS) is 16.3. The zero-order chi connectivity index (χ0) is 24.4. The van der Waals surface area contributed by atoms with Gasteiger partial charge in [-0.15, -0.1) is 0 Å². The number of pyridine rings is 1. The first-order valence-corrected chi connectivity index (χ1v) is 13.1. The van der Waals surface area contributed by atoms with Gasteiger partial charge in [0.15, 0.2) is 0 Å². The summed E-state index contributed by atoms with van der Waals surface area (Å²) in [7, 11) is -1.94. The number of hydrogen-bond donors (Lipinski definition) is 2. The Bertz CT molecular complexity index is 1430. The molecule has 4 heterocycles. The Kier molecular flexibility index (Phi) is 6.37. The van der Waals surface area contributed by atoms with Crippen molar-refractivity contribution in [3.63, 3.8) is 0 Å². The summed E-state index contributed by atoms with van der Waals surface area (Å²) in [5, 5.41) is 7.49. The van der Waals surface area contributed by atoms with Gasteiger partial charge in [-0.1, -0.05) is 18.2 Å². The smallest absolute Gasteiger partial charge is 0.233 e. The monoisotopic (exact) mass is 493 g/mol. The topological polar surface area (TPSA) is 114 Å². The van der Waals surface area contributed by atoms with E-state index in [-0.39, 0.29) is 6.10 Å². The maximum Gasteiger partial charge on any atom is 0.233 e. The van der Waals surface area contributed by atoms with Crippen molar-refractivity contribution in [1.82, 2.24) is 24.8 Å². The van der Waals surface area contributed by atoms with Gasteiger partial charge in [-0.3, -0.25) is 4.31 Å². The number of rotatable bonds is 7. The number of nitrogens with one attached hydrogen (secondary N) is 2. The highest BCUT2D eigenvalue weighted by atomic mass is 32.2. The van der Waals surface area contributed by atoms with Crippen LogP contribution in [0.15, 0.2) is 61.1 Å². The molecule has 4 aromatic rings. The summed E-state index contributed by atoms with van der Waals surface area (Å²) in [4.78, 5) is 13.5. The second-order valence-corrected chi connectivity index (χ2v) is 10.5. The molecule has 35 heavy (non-hydrogen) atoms. The molecule has 0 radical (unpaired) electrons. The minimum absolute atomic E-state index is 0.0628. The van der Waals surface area contributed by atoms with Gasteiger partial charge >= 0.3 is 0 Å². The quantitative estimate of drug-likeness (QED) is 0.404. The van der Waals surface area contributed by atoms with E-state index in [0.717, 1.165) is 47.2 Å². The van der Waals surface area contributed by atoms with Gasteiger partial charge in [0.2, 0.25) is 16.0 Å². The van der Waals surface area contributed by atoms with Crippen LogP contribution in [0.25, 0.3) is 11.0 Å². The van der Waals surface area contributed by atoms with Crippen LogP contribution in [0.4, 0.5) is 17.5 Å². The van der Waals surface area contributed by atoms with Gasteiger partial charge in [-0.25, -0.2) is 18.4 Å². The van der Waals surface area contributed by atoms with Crippen molar-refractivity contribution in [3.05, 3.63) is 72.2 Å². The second kappa shape index (κ2) is 9.61. The Morgan fingerprint density at radius 2 is 2.03 bits per heavy atom. The summed E-state index contributed by atoms with van der Waals surface area (Å²) < 4.78 is 33.1. The third-order valence-electron chi connectivity index (χ3n) is 5.97. The Morgan fingerprint density at radius 3 is 2.77 bits per heavy atom. The van der Waals surface area contributed by atoms with Crippen LogP contribution >= 0.6 is 0 Å². The fourth-order valence-electron chi connectivity index (χ4n) is 4.03. The van der Waals surface area contributed by atoms with Crippen molar-refractivity contribution in [2.24, 2.45) is 0 Å². The van der Waals surface area contributed by atoms with E-state index in [1.54, 1.807) is 18.5 Å². The highest BCUT2D eigenvalue weighted by molar-refractivity contribution is 7.92. The van der Waals surface area contributed by atoms with Crippen molar-refractivity contribution in [2.75, 3.05) is 42.6 Å². The molecule has 10 nitrogen and oxygen atoms in total. The lowest BCUT2D eigenvalue weighted by Gasteiger charge is -2.24. The average molecular weight is 494 g/mol. The Labute approximate surface area is 204 Å². The molecule has 1 aromatic carbocycles. The first-order chi connectivity index (χ1) is 16.9. The Morgan fingerprint density at radius 1 is 1.20 bits per heavy atom. The third kappa shape index (κ3) is 5.11. The van der Waals surface area contributed by atoms with Crippen LogP contribution < -0.4 is 14.9 Å². The zero-order valence-corrected chi connectivity index (χ0v) is 20.4. The van der Waals surface area contributed by atoms with E-state index in [1.807, 2.05) is 47.2 Å². The van der Waals surface area contributed by atoms with Crippen molar-refractivity contribution >= 4 is 38.5 Å². The van der Waals surface area contributed by atoms with Gasteiger partial charge in [0.05, 0.1) is 25.5 Å². The van der Waals surface area contributed by atoms with Crippen molar-refractivity contribution in [2.45, 2.75) is 12.6 Å². The number of morpholine rings is 1. The molecule has 1 saturated heterocycles. The van der Waals surface area contributed by atoms with Crippen LogP contribution in [0, 0.1) is 0 Å². The van der Waals surface area contributed by atoms with Gasteiger partial charge < -0.3 is 19.9 Å². The highest BCUT2D eigenvalue weighted by Crippen LogP contribution is 2.24. The van der Waals surface area contributed by atoms with Gasteiger partial charge in [0.1, 0.15) is 11.5 Å². The molecule has 1 aliphatic rings. The van der Waals surface area contributed by atoms with Gasteiger partial charge in [-0.2, -0.15) is 4.98 Å². The SMILES string of the molecule is CN(c1ncccc1Cn1ccc2cnc(Nc3ccc(C4CNCCO4)cc3)nc21)S(C)(=O)=O. The summed E-state index contributed by atoms with van der Waals surface area (Å²) in [6.07, 6.45) is 6.48. The number of benzene rings is 1. The lowest BCUT2D eigenvalue weighted by Crippen LogP contribution is -2.33. The summed E-state index contributed by atoms with van der Waals surface area (Å²) >= 11 is 0. The number of anilines is 3. The van der Waals surface area contributed by atoms with E-state index in [1.165, 1.54) is 11.4 Å². The molecule has 11 heteroatoms. The van der Waals surface area contributed by atoms with E-state index in [2.05, 4.69) is 20.6 Å². The van der Waals surface area contributed by atoms with Crippen molar-refractivity contribution < 1.29 is 13.2 Å². The summed E-state index contributed by atoms with van der Waals surface area (Å²) in [6, 6.07) is 13.7. The second-order valence-electron chi connectivity index (χ2n) is 8.44. The minimum atomic E-state index is -3.44. The fraction of sp³-hybridized carbons (Fsp3) is 0.292. The van der Waals surface area contributed by atoms with Crippen LogP contribution in [0.5, 0.6) is 0 Å². The molecule has 182 valence electrons. The average Bonchev–Trinajstić information content (AvgIpc) is 3.26. The molecular weight excluding hydrogens is 466 g/mol. The molecule has 5 rings (SSSR count). The maximum absolute atomic E-state index is 12.1. The minimum Gasteiger partial charge on any atom is -0.371 e. The summed E-state index contributed by atoms with van der Waals surface area (Å²) in [6.45, 7) is 2.81. The molecule has 1 fully saturated rings. The standard InChI is InChI=1S/C24H27N7O3S/c1-30(35(2,32)33)22-19(4-3-10-26-22)16-31-12-9-18-14-27-24(29-23(18)31)28-20-7-5-17(6-8-20)21-15-25-11-13-34-21/h3-10,12,14,21,25H,11,13,15-16H2,1-2H3,(H,27,28,29). The Hall–Kier alpha value is -3.54. The van der Waals surface area contributed by atoms with Gasteiger partial charge in [0, 0.05) is 55.4 Å². The largest absolute Gasteiger partial charge is 0.371 e. The third-order valence-corrected chi connectivity index (χ3v) is 7.14. The Balaban J connectivity index is 1.37. The fourth-order valence-corrected chi connectivity index (χ4v) is 4.50. The van der Waals surface area contributed by atoms with E-state index in [4.69, 9.17) is 9.72 Å². The molecule has 1 unspecified atom stereocenters. The molecule has 1 aliphatic heterocycles. The molecular formula is C24H27N7O3S. The van der Waals surface area contributed by atoms with Crippen LogP contribution in [-0.2, 0) is 21.3 Å². The number of ether oxygens (including phenoxy) is 1. The number of aromatic nitrogens is 4. The van der Waals surface area contributed by atoms with Gasteiger partial charge in [-0.05, 0) is 29.8 Å². The number of fused-ring (bicyclic) bond motifs is 1. The van der Waals surface area contributed by atoms with Crippen LogP contribution in [0.2, 0.25) is 0 Å². The van der Waals surface area contributed by atoms with E-state index in [9.17, 15) is 8.42 Å². The molecule has 0 amide bonds. The van der Waals surface area contributed by atoms with Crippen molar-refractivity contribution in [1.29, 1.82) is 0 Å². The van der Waals surface area contributed by atoms with Gasteiger partial charge in [0.25, 0.3) is 0 Å². The van der Waals surface area contributed by atoms with Crippen molar-refractivity contribution in [3.8, 4) is 0 Å². The molecule has 0 aliphatic carbocycles. The molecule has 3 aromatic heterocycles. The molecule has 0 spiro atoms. The summed E-state index contributed by atoms with van der Waals surface area (Å²) in [5.74, 6) is 0.863. The van der Waals surface area contributed by atoms with E-state index < -0.39 is 10.0 Å². The highest BCUT2D eigenvalue weighted by Gasteiger charge is 2.18. The lowest BCUT2D eigenvalue weighted by atomic mass is 10.1. The molecule has 1 atom stereocenters. The van der Waals surface area contributed by atoms with Crippen LogP contribution in [0.3, 0.4) is 0 Å². The summed E-state index contributed by atoms with van der Waals surface area (Å²) in [5.41, 5.74) is 3.50. The molecule has 2 N–H and O–H groups in total. The van der Waals surface area contributed by atoms with Crippen LogP contribution in [0.1, 0.15) is 17.2 Å². The first-order valence-electron chi connectivity index (χ1n) is 11.3. The molecule has 0 bridgehead atoms. The lowest BCUT2D eigenvalue weighted by molar-refractivity contribution is 0.0277. The number of hydrogen-bond acceptors (Lipinski definition) is 8. The predicted octanol–water partition coefficient (Wildman–Crippen LogP) is 2.67. The predicted molar refractivity (Wildman–Crippen MR) is 135 cm³/mol. The first kappa shape index (κ1) is 23.2. The molecule has 0 saturated carbocycles. The van der Waals surface area contributed by atoms with E-state index in [0.29, 0.717) is 24.9 Å². The number of sulfonamides is 1. The van der Waals surface area contributed by atoms with Crippen LogP contribution in [-0.4, -0.2) is 60.9 Å². The van der Waals surface area contributed by atoms with E-state index >= 15 is 0 Å². The maximum atomic E-state index is 12.1.